The maximum Gasteiger partial charge on any atom is 0.00833 e. The smallest absolute Gasteiger partial charge is 0.00833 e. The molecule has 0 aliphatic heterocycles. The largest absolute Gasteiger partial charge is 0.158 e. The molecule has 1 heteroatoms. The minimum absolute atomic E-state index is 0.668. The Morgan fingerprint density at radius 3 is 2.65 bits per heavy atom. The summed E-state index contributed by atoms with van der Waals surface area (Å²) in [5, 5.41) is 0.999. The summed E-state index contributed by atoms with van der Waals surface area (Å²) in [6.45, 7) is 9.78. The van der Waals surface area contributed by atoms with E-state index >= 15 is 0 Å². The van der Waals surface area contributed by atoms with Crippen molar-refractivity contribution in [3.63, 3.8) is 0 Å². The van der Waals surface area contributed by atoms with E-state index in [0.29, 0.717) is 5.41 Å². The normalized spacial score (nSPS) is 42.0. The molecule has 17 heavy (non-hydrogen) atoms. The van der Waals surface area contributed by atoms with E-state index in [1.807, 2.05) is 0 Å². The summed E-state index contributed by atoms with van der Waals surface area (Å²) in [5.74, 6) is 4.43. The average molecular weight is 254 g/mol. The third-order valence-electron chi connectivity index (χ3n) is 5.75. The van der Waals surface area contributed by atoms with Gasteiger partial charge in [0.15, 0.2) is 0 Å². The Labute approximate surface area is 112 Å². The summed E-state index contributed by atoms with van der Waals surface area (Å²) >= 11 is 2.30. The summed E-state index contributed by atoms with van der Waals surface area (Å²) in [5.41, 5.74) is 0.668. The summed E-state index contributed by atoms with van der Waals surface area (Å²) in [4.78, 5) is 0. The number of fused-ring (bicyclic) bond motifs is 2. The number of hydrogen-bond acceptors (Lipinski definition) is 1. The first-order valence-electron chi connectivity index (χ1n) is 7.73. The van der Waals surface area contributed by atoms with E-state index in [2.05, 4.69) is 39.5 Å². The van der Waals surface area contributed by atoms with Gasteiger partial charge in [-0.2, -0.15) is 11.8 Å². The van der Waals surface area contributed by atoms with E-state index in [1.54, 1.807) is 6.42 Å². The van der Waals surface area contributed by atoms with Crippen molar-refractivity contribution in [2.24, 2.45) is 23.2 Å². The van der Waals surface area contributed by atoms with Crippen LogP contribution < -0.4 is 0 Å². The van der Waals surface area contributed by atoms with E-state index in [4.69, 9.17) is 0 Å². The van der Waals surface area contributed by atoms with Crippen molar-refractivity contribution in [1.29, 1.82) is 0 Å². The molecule has 2 saturated carbocycles. The summed E-state index contributed by atoms with van der Waals surface area (Å²) in [7, 11) is 0. The monoisotopic (exact) mass is 254 g/mol. The van der Waals surface area contributed by atoms with Crippen molar-refractivity contribution in [1.82, 2.24) is 0 Å². The molecule has 0 N–H and O–H groups in total. The van der Waals surface area contributed by atoms with Crippen molar-refractivity contribution in [2.75, 3.05) is 5.75 Å². The Balaban J connectivity index is 1.95. The third-order valence-corrected chi connectivity index (χ3v) is 7.22. The maximum atomic E-state index is 2.60. The number of unbranched alkanes of at least 4 members (excludes halogenated alkanes) is 1. The minimum atomic E-state index is 0.668. The Morgan fingerprint density at radius 2 is 2.06 bits per heavy atom. The zero-order chi connectivity index (χ0) is 12.5. The van der Waals surface area contributed by atoms with Crippen LogP contribution in [0.25, 0.3) is 0 Å². The van der Waals surface area contributed by atoms with Gasteiger partial charge in [-0.3, -0.25) is 0 Å². The van der Waals surface area contributed by atoms with Crippen LogP contribution in [0.3, 0.4) is 0 Å². The first kappa shape index (κ1) is 13.8. The highest BCUT2D eigenvalue weighted by Gasteiger charge is 2.54. The molecule has 0 amide bonds. The molecule has 2 bridgehead atoms. The lowest BCUT2D eigenvalue weighted by Gasteiger charge is -2.43. The lowest BCUT2D eigenvalue weighted by molar-refractivity contribution is 0.109. The van der Waals surface area contributed by atoms with Gasteiger partial charge >= 0.3 is 0 Å². The van der Waals surface area contributed by atoms with E-state index in [0.717, 1.165) is 23.0 Å². The van der Waals surface area contributed by atoms with E-state index in [9.17, 15) is 0 Å². The highest BCUT2D eigenvalue weighted by Crippen LogP contribution is 2.62. The minimum Gasteiger partial charge on any atom is -0.158 e. The molecule has 2 rings (SSSR count). The van der Waals surface area contributed by atoms with Gasteiger partial charge in [-0.05, 0) is 54.6 Å². The molecular formula is C16H30S. The Kier molecular flexibility index (Phi) is 4.50. The molecule has 0 nitrogen and oxygen atoms in total. The van der Waals surface area contributed by atoms with Crippen LogP contribution in [0.2, 0.25) is 0 Å². The second-order valence-corrected chi connectivity index (χ2v) is 8.07. The quantitative estimate of drug-likeness (QED) is 0.574. The van der Waals surface area contributed by atoms with E-state index in [-0.39, 0.29) is 0 Å². The van der Waals surface area contributed by atoms with E-state index in [1.165, 1.54) is 37.9 Å². The second-order valence-electron chi connectivity index (χ2n) is 6.73. The van der Waals surface area contributed by atoms with Crippen molar-refractivity contribution in [3.8, 4) is 0 Å². The van der Waals surface area contributed by atoms with Crippen LogP contribution in [0.4, 0.5) is 0 Å². The van der Waals surface area contributed by atoms with Crippen LogP contribution in [0.1, 0.15) is 66.2 Å². The first-order chi connectivity index (χ1) is 8.11. The molecule has 5 unspecified atom stereocenters. The fourth-order valence-electron chi connectivity index (χ4n) is 4.33. The Morgan fingerprint density at radius 1 is 1.29 bits per heavy atom. The molecule has 100 valence electrons. The molecule has 0 aromatic heterocycles. The lowest BCUT2D eigenvalue weighted by Crippen LogP contribution is -2.37. The van der Waals surface area contributed by atoms with Gasteiger partial charge in [0, 0.05) is 5.25 Å². The summed E-state index contributed by atoms with van der Waals surface area (Å²) in [6.07, 6.45) is 8.74. The standard InChI is InChI=1S/C16H30S/c1-5-7-8-17-15-10-13-9-14(15)16(4,11-13)12(3)6-2/h12-15H,5-11H2,1-4H3. The SMILES string of the molecule is CCCCSC1CC2CC1C(C)(C(C)CC)C2. The van der Waals surface area contributed by atoms with Crippen molar-refractivity contribution >= 4 is 11.8 Å². The average Bonchev–Trinajstić information content (AvgIpc) is 2.85. The molecule has 0 aromatic carbocycles. The van der Waals surface area contributed by atoms with Crippen LogP contribution in [0, 0.1) is 23.2 Å². The molecule has 2 fully saturated rings. The van der Waals surface area contributed by atoms with Gasteiger partial charge in [0.25, 0.3) is 0 Å². The van der Waals surface area contributed by atoms with Crippen LogP contribution in [-0.4, -0.2) is 11.0 Å². The van der Waals surface area contributed by atoms with Gasteiger partial charge in [-0.1, -0.05) is 40.5 Å². The lowest BCUT2D eigenvalue weighted by atomic mass is 9.66. The number of rotatable bonds is 6. The topological polar surface area (TPSA) is 0 Å². The van der Waals surface area contributed by atoms with Crippen molar-refractivity contribution in [3.05, 3.63) is 0 Å². The Hall–Kier alpha value is 0.350. The molecule has 5 atom stereocenters. The van der Waals surface area contributed by atoms with Gasteiger partial charge in [-0.25, -0.2) is 0 Å². The molecule has 0 aromatic rings. The van der Waals surface area contributed by atoms with Crippen LogP contribution in [0.15, 0.2) is 0 Å². The van der Waals surface area contributed by atoms with Gasteiger partial charge in [-0.15, -0.1) is 0 Å². The highest BCUT2D eigenvalue weighted by molar-refractivity contribution is 7.99. The third kappa shape index (κ3) is 2.55. The van der Waals surface area contributed by atoms with Crippen LogP contribution in [-0.2, 0) is 0 Å². The highest BCUT2D eigenvalue weighted by atomic mass is 32.2. The van der Waals surface area contributed by atoms with Gasteiger partial charge in [0.2, 0.25) is 0 Å². The fraction of sp³-hybridized carbons (Fsp3) is 1.00. The zero-order valence-corrected chi connectivity index (χ0v) is 13.0. The Bertz CT molecular complexity index is 250. The molecule has 2 aliphatic carbocycles. The predicted molar refractivity (Wildman–Crippen MR) is 79.5 cm³/mol. The van der Waals surface area contributed by atoms with Gasteiger partial charge < -0.3 is 0 Å². The molecule has 0 spiro atoms. The van der Waals surface area contributed by atoms with Crippen molar-refractivity contribution in [2.45, 2.75) is 71.5 Å². The molecule has 0 heterocycles. The van der Waals surface area contributed by atoms with Crippen LogP contribution in [0.5, 0.6) is 0 Å². The second kappa shape index (κ2) is 5.55. The number of thioether (sulfide) groups is 1. The fourth-order valence-corrected chi connectivity index (χ4v) is 6.15. The molecular weight excluding hydrogens is 224 g/mol. The van der Waals surface area contributed by atoms with Crippen LogP contribution >= 0.6 is 11.8 Å². The summed E-state index contributed by atoms with van der Waals surface area (Å²) in [6, 6.07) is 0. The predicted octanol–water partition coefficient (Wildman–Crippen LogP) is 5.37. The number of hydrogen-bond donors (Lipinski definition) is 0. The maximum absolute atomic E-state index is 2.60. The molecule has 2 aliphatic rings. The van der Waals surface area contributed by atoms with Gasteiger partial charge in [0.1, 0.15) is 0 Å². The van der Waals surface area contributed by atoms with Gasteiger partial charge in [0.05, 0.1) is 0 Å². The summed E-state index contributed by atoms with van der Waals surface area (Å²) < 4.78 is 0. The van der Waals surface area contributed by atoms with Crippen molar-refractivity contribution < 1.29 is 0 Å². The molecule has 0 saturated heterocycles. The zero-order valence-electron chi connectivity index (χ0n) is 12.2. The molecule has 0 radical (unpaired) electrons. The first-order valence-corrected chi connectivity index (χ1v) is 8.78. The van der Waals surface area contributed by atoms with E-state index < -0.39 is 0 Å².